The minimum atomic E-state index is -0.164. The Hall–Kier alpha value is -2.27. The summed E-state index contributed by atoms with van der Waals surface area (Å²) in [5, 5.41) is 0.941. The molecule has 2 aliphatic rings. The molecule has 0 unspecified atom stereocenters. The molecule has 1 aromatic heterocycles. The summed E-state index contributed by atoms with van der Waals surface area (Å²) in [6.07, 6.45) is 5.01. The highest BCUT2D eigenvalue weighted by Crippen LogP contribution is 2.34. The maximum Gasteiger partial charge on any atom is 0.270 e. The number of likely N-dealkylation sites (tertiary alicyclic amines) is 1. The van der Waals surface area contributed by atoms with Crippen LogP contribution in [0.2, 0.25) is 0 Å². The molecule has 132 valence electrons. The van der Waals surface area contributed by atoms with Crippen molar-refractivity contribution in [3.8, 4) is 5.75 Å². The van der Waals surface area contributed by atoms with Crippen LogP contribution >= 0.6 is 0 Å². The molecule has 1 fully saturated rings. The Balaban J connectivity index is 1.52. The third-order valence-corrected chi connectivity index (χ3v) is 5.37. The van der Waals surface area contributed by atoms with Crippen molar-refractivity contribution in [2.24, 2.45) is 0 Å². The van der Waals surface area contributed by atoms with Crippen LogP contribution in [0.3, 0.4) is 0 Å². The van der Waals surface area contributed by atoms with Gasteiger partial charge in [0, 0.05) is 24.0 Å². The number of piperidine rings is 1. The van der Waals surface area contributed by atoms with Crippen molar-refractivity contribution in [1.29, 1.82) is 0 Å². The maximum absolute atomic E-state index is 12.9. The zero-order chi connectivity index (χ0) is 17.4. The first-order valence-corrected chi connectivity index (χ1v) is 8.87. The number of carbonyl (C=O) groups is 1. The standard InChI is InChI=1S/C20H24N2O3/c1-14-6-11-25-20(13-14)7-9-22(10-8-20)19(23)17-12-15-16(21-17)4-3-5-18(15)24-2/h3-5,12-13,21H,6-11H2,1-2H3. The van der Waals surface area contributed by atoms with Gasteiger partial charge in [0.1, 0.15) is 11.4 Å². The van der Waals surface area contributed by atoms with Gasteiger partial charge in [0.2, 0.25) is 0 Å². The molecule has 25 heavy (non-hydrogen) atoms. The van der Waals surface area contributed by atoms with Gasteiger partial charge in [-0.05, 0) is 44.4 Å². The van der Waals surface area contributed by atoms with Gasteiger partial charge in [-0.1, -0.05) is 17.7 Å². The molecular weight excluding hydrogens is 316 g/mol. The minimum Gasteiger partial charge on any atom is -0.496 e. The summed E-state index contributed by atoms with van der Waals surface area (Å²) >= 11 is 0. The van der Waals surface area contributed by atoms with E-state index in [1.165, 1.54) is 5.57 Å². The number of amides is 1. The largest absolute Gasteiger partial charge is 0.496 e. The number of benzene rings is 1. The van der Waals surface area contributed by atoms with Crippen LogP contribution < -0.4 is 4.74 Å². The highest BCUT2D eigenvalue weighted by molar-refractivity contribution is 5.99. The van der Waals surface area contributed by atoms with Crippen molar-refractivity contribution in [2.45, 2.75) is 31.8 Å². The molecule has 1 saturated heterocycles. The van der Waals surface area contributed by atoms with Crippen LogP contribution in [0.1, 0.15) is 36.7 Å². The highest BCUT2D eigenvalue weighted by atomic mass is 16.5. The Labute approximate surface area is 147 Å². The number of hydrogen-bond acceptors (Lipinski definition) is 3. The monoisotopic (exact) mass is 340 g/mol. The average molecular weight is 340 g/mol. The van der Waals surface area contributed by atoms with E-state index in [0.717, 1.165) is 55.6 Å². The molecule has 4 rings (SSSR count). The van der Waals surface area contributed by atoms with Crippen molar-refractivity contribution in [2.75, 3.05) is 26.8 Å². The predicted octanol–water partition coefficient (Wildman–Crippen LogP) is 3.52. The van der Waals surface area contributed by atoms with E-state index in [2.05, 4.69) is 18.0 Å². The average Bonchev–Trinajstić information content (AvgIpc) is 3.06. The molecule has 0 atom stereocenters. The summed E-state index contributed by atoms with van der Waals surface area (Å²) < 4.78 is 11.4. The minimum absolute atomic E-state index is 0.0459. The Morgan fingerprint density at radius 1 is 1.32 bits per heavy atom. The van der Waals surface area contributed by atoms with Crippen LogP contribution in [0.25, 0.3) is 10.9 Å². The Bertz CT molecular complexity index is 829. The number of aromatic amines is 1. The zero-order valence-corrected chi connectivity index (χ0v) is 14.8. The molecule has 0 bridgehead atoms. The van der Waals surface area contributed by atoms with Crippen LogP contribution in [-0.2, 0) is 4.74 Å². The van der Waals surface area contributed by atoms with Gasteiger partial charge in [-0.15, -0.1) is 0 Å². The summed E-state index contributed by atoms with van der Waals surface area (Å²) in [4.78, 5) is 18.1. The number of carbonyl (C=O) groups excluding carboxylic acids is 1. The molecule has 1 spiro atoms. The van der Waals surface area contributed by atoms with Crippen LogP contribution in [0.4, 0.5) is 0 Å². The summed E-state index contributed by atoms with van der Waals surface area (Å²) in [7, 11) is 1.65. The van der Waals surface area contributed by atoms with E-state index in [4.69, 9.17) is 9.47 Å². The summed E-state index contributed by atoms with van der Waals surface area (Å²) in [6, 6.07) is 7.68. The quantitative estimate of drug-likeness (QED) is 0.851. The molecule has 2 aromatic rings. The SMILES string of the molecule is COc1cccc2[nH]c(C(=O)N3CCC4(C=C(C)CCO4)CC3)cc12. The number of hydrogen-bond donors (Lipinski definition) is 1. The molecule has 0 radical (unpaired) electrons. The lowest BCUT2D eigenvalue weighted by Gasteiger charge is -2.42. The van der Waals surface area contributed by atoms with E-state index in [1.807, 2.05) is 29.2 Å². The lowest BCUT2D eigenvalue weighted by Crippen LogP contribution is -2.48. The summed E-state index contributed by atoms with van der Waals surface area (Å²) in [5.74, 6) is 0.825. The van der Waals surface area contributed by atoms with Gasteiger partial charge >= 0.3 is 0 Å². The van der Waals surface area contributed by atoms with Crippen LogP contribution in [0, 0.1) is 0 Å². The smallest absolute Gasteiger partial charge is 0.270 e. The molecule has 1 N–H and O–H groups in total. The van der Waals surface area contributed by atoms with E-state index in [0.29, 0.717) is 5.69 Å². The van der Waals surface area contributed by atoms with Gasteiger partial charge in [-0.2, -0.15) is 0 Å². The fourth-order valence-electron chi connectivity index (χ4n) is 3.95. The Morgan fingerprint density at radius 2 is 2.12 bits per heavy atom. The van der Waals surface area contributed by atoms with Gasteiger partial charge in [0.15, 0.2) is 0 Å². The second-order valence-corrected chi connectivity index (χ2v) is 7.05. The van der Waals surface area contributed by atoms with E-state index in [1.54, 1.807) is 7.11 Å². The van der Waals surface area contributed by atoms with E-state index in [-0.39, 0.29) is 11.5 Å². The summed E-state index contributed by atoms with van der Waals surface area (Å²) in [6.45, 7) is 4.39. The van der Waals surface area contributed by atoms with Crippen LogP contribution in [0.5, 0.6) is 5.75 Å². The summed E-state index contributed by atoms with van der Waals surface area (Å²) in [5.41, 5.74) is 2.77. The van der Waals surface area contributed by atoms with Crippen molar-refractivity contribution < 1.29 is 14.3 Å². The zero-order valence-electron chi connectivity index (χ0n) is 14.8. The number of nitrogens with one attached hydrogen (secondary N) is 1. The number of methoxy groups -OCH3 is 1. The fraction of sp³-hybridized carbons (Fsp3) is 0.450. The van der Waals surface area contributed by atoms with Gasteiger partial charge in [0.05, 0.1) is 19.3 Å². The topological polar surface area (TPSA) is 54.6 Å². The second-order valence-electron chi connectivity index (χ2n) is 7.05. The van der Waals surface area contributed by atoms with Crippen molar-refractivity contribution >= 4 is 16.8 Å². The van der Waals surface area contributed by atoms with E-state index in [9.17, 15) is 4.79 Å². The van der Waals surface area contributed by atoms with Gasteiger partial charge in [0.25, 0.3) is 5.91 Å². The predicted molar refractivity (Wildman–Crippen MR) is 97.0 cm³/mol. The normalized spacial score (nSPS) is 19.9. The fourth-order valence-corrected chi connectivity index (χ4v) is 3.95. The third kappa shape index (κ3) is 2.93. The molecule has 1 amide bonds. The van der Waals surface area contributed by atoms with Gasteiger partial charge in [-0.25, -0.2) is 0 Å². The molecule has 1 aromatic carbocycles. The van der Waals surface area contributed by atoms with E-state index < -0.39 is 0 Å². The first-order chi connectivity index (χ1) is 12.1. The number of rotatable bonds is 2. The number of fused-ring (bicyclic) bond motifs is 1. The number of nitrogens with zero attached hydrogens (tertiary/aromatic N) is 1. The molecule has 5 heteroatoms. The maximum atomic E-state index is 12.9. The second kappa shape index (κ2) is 6.23. The van der Waals surface area contributed by atoms with Gasteiger partial charge < -0.3 is 19.4 Å². The molecule has 0 aliphatic carbocycles. The number of H-pyrrole nitrogens is 1. The first-order valence-electron chi connectivity index (χ1n) is 8.87. The molecule has 2 aliphatic heterocycles. The van der Waals surface area contributed by atoms with Crippen molar-refractivity contribution in [3.05, 3.63) is 41.6 Å². The molecule has 3 heterocycles. The van der Waals surface area contributed by atoms with Crippen LogP contribution in [0.15, 0.2) is 35.9 Å². The van der Waals surface area contributed by atoms with Crippen molar-refractivity contribution in [3.63, 3.8) is 0 Å². The lowest BCUT2D eigenvalue weighted by atomic mass is 9.87. The van der Waals surface area contributed by atoms with E-state index >= 15 is 0 Å². The third-order valence-electron chi connectivity index (χ3n) is 5.37. The molecule has 5 nitrogen and oxygen atoms in total. The highest BCUT2D eigenvalue weighted by Gasteiger charge is 2.37. The van der Waals surface area contributed by atoms with Crippen molar-refractivity contribution in [1.82, 2.24) is 9.88 Å². The van der Waals surface area contributed by atoms with Gasteiger partial charge in [-0.3, -0.25) is 4.79 Å². The van der Waals surface area contributed by atoms with Crippen LogP contribution in [-0.4, -0.2) is 48.2 Å². The molecular formula is C20H24N2O3. The first kappa shape index (κ1) is 16.2. The Kier molecular flexibility index (Phi) is 4.04. The lowest BCUT2D eigenvalue weighted by molar-refractivity contribution is -0.0522. The number of ether oxygens (including phenoxy) is 2. The Morgan fingerprint density at radius 3 is 2.84 bits per heavy atom. The molecule has 0 saturated carbocycles. The number of aromatic nitrogens is 1.